The number of benzene rings is 1. The average Bonchev–Trinajstić information content (AvgIpc) is 2.18. The van der Waals surface area contributed by atoms with Gasteiger partial charge < -0.3 is 5.32 Å². The third kappa shape index (κ3) is 2.47. The first-order chi connectivity index (χ1) is 6.27. The standard InChI is InChI=1S/C9H8N2OS/c1-10-9(12)7-2-4-8(5-3-7)11-6-13/h2-5H,1H3,(H,10,12). The fourth-order valence-corrected chi connectivity index (χ4v) is 0.990. The highest BCUT2D eigenvalue weighted by Gasteiger charge is 2.00. The van der Waals surface area contributed by atoms with E-state index in [0.717, 1.165) is 0 Å². The molecule has 0 fully saturated rings. The summed E-state index contributed by atoms with van der Waals surface area (Å²) in [6, 6.07) is 6.79. The van der Waals surface area contributed by atoms with E-state index in [9.17, 15) is 4.79 Å². The molecule has 0 aromatic heterocycles. The highest BCUT2D eigenvalue weighted by atomic mass is 32.1. The Hall–Kier alpha value is -1.51. The van der Waals surface area contributed by atoms with Crippen LogP contribution in [-0.2, 0) is 0 Å². The topological polar surface area (TPSA) is 41.5 Å². The number of thiocarbonyl (C=S) groups is 1. The largest absolute Gasteiger partial charge is 0.355 e. The minimum absolute atomic E-state index is 0.113. The Balaban J connectivity index is 2.93. The van der Waals surface area contributed by atoms with Gasteiger partial charge in [0.05, 0.1) is 10.8 Å². The molecule has 0 saturated heterocycles. The quantitative estimate of drug-likeness (QED) is 0.573. The lowest BCUT2D eigenvalue weighted by Crippen LogP contribution is -2.17. The van der Waals surface area contributed by atoms with Gasteiger partial charge in [0.2, 0.25) is 0 Å². The normalized spacial score (nSPS) is 8.69. The highest BCUT2D eigenvalue weighted by molar-refractivity contribution is 7.78. The molecule has 0 heterocycles. The molecule has 1 aromatic carbocycles. The number of nitrogens with zero attached hydrogens (tertiary/aromatic N) is 1. The van der Waals surface area contributed by atoms with Crippen LogP contribution in [-0.4, -0.2) is 18.1 Å². The molecule has 1 N–H and O–H groups in total. The molecular weight excluding hydrogens is 184 g/mol. The van der Waals surface area contributed by atoms with Crippen LogP contribution in [0.2, 0.25) is 0 Å². The monoisotopic (exact) mass is 192 g/mol. The van der Waals surface area contributed by atoms with E-state index in [0.29, 0.717) is 11.3 Å². The van der Waals surface area contributed by atoms with Crippen molar-refractivity contribution < 1.29 is 4.79 Å². The lowest BCUT2D eigenvalue weighted by Gasteiger charge is -1.98. The molecule has 0 radical (unpaired) electrons. The summed E-state index contributed by atoms with van der Waals surface area (Å²) in [5.41, 5.74) is 1.30. The van der Waals surface area contributed by atoms with E-state index in [2.05, 4.69) is 27.7 Å². The van der Waals surface area contributed by atoms with Gasteiger partial charge in [0.15, 0.2) is 0 Å². The molecule has 66 valence electrons. The van der Waals surface area contributed by atoms with Crippen molar-refractivity contribution >= 4 is 29.0 Å². The molecule has 1 aromatic rings. The van der Waals surface area contributed by atoms with Gasteiger partial charge >= 0.3 is 0 Å². The Morgan fingerprint density at radius 2 is 2.08 bits per heavy atom. The third-order valence-electron chi connectivity index (χ3n) is 1.53. The number of carbonyl (C=O) groups is 1. The first kappa shape index (κ1) is 9.58. The van der Waals surface area contributed by atoms with Gasteiger partial charge in [-0.1, -0.05) is 0 Å². The molecule has 0 unspecified atom stereocenters. The number of nitrogens with one attached hydrogen (secondary N) is 1. The van der Waals surface area contributed by atoms with E-state index in [1.807, 2.05) is 0 Å². The zero-order chi connectivity index (χ0) is 9.68. The zero-order valence-electron chi connectivity index (χ0n) is 7.07. The van der Waals surface area contributed by atoms with Gasteiger partial charge in [-0.25, -0.2) is 0 Å². The van der Waals surface area contributed by atoms with Crippen molar-refractivity contribution in [3.05, 3.63) is 29.8 Å². The Kier molecular flexibility index (Phi) is 3.31. The summed E-state index contributed by atoms with van der Waals surface area (Å²) in [5.74, 6) is -0.113. The SMILES string of the molecule is CNC(=O)c1ccc(N=C=S)cc1. The fourth-order valence-electron chi connectivity index (χ4n) is 0.884. The number of hydrogen-bond acceptors (Lipinski definition) is 3. The predicted octanol–water partition coefficient (Wildman–Crippen LogP) is 1.78. The summed E-state index contributed by atoms with van der Waals surface area (Å²) < 4.78 is 0. The van der Waals surface area contributed by atoms with E-state index < -0.39 is 0 Å². The molecule has 1 amide bonds. The van der Waals surface area contributed by atoms with E-state index in [1.165, 1.54) is 0 Å². The van der Waals surface area contributed by atoms with Gasteiger partial charge in [-0.3, -0.25) is 4.79 Å². The minimum Gasteiger partial charge on any atom is -0.355 e. The number of isothiocyanates is 1. The van der Waals surface area contributed by atoms with Crippen molar-refractivity contribution in [2.24, 2.45) is 4.99 Å². The summed E-state index contributed by atoms with van der Waals surface area (Å²) in [6.07, 6.45) is 0. The van der Waals surface area contributed by atoms with Crippen molar-refractivity contribution in [2.45, 2.75) is 0 Å². The summed E-state index contributed by atoms with van der Waals surface area (Å²) in [7, 11) is 1.59. The van der Waals surface area contributed by atoms with Crippen LogP contribution in [0, 0.1) is 0 Å². The van der Waals surface area contributed by atoms with Crippen molar-refractivity contribution in [2.75, 3.05) is 7.05 Å². The van der Waals surface area contributed by atoms with Crippen LogP contribution in [0.15, 0.2) is 29.3 Å². The van der Waals surface area contributed by atoms with E-state index >= 15 is 0 Å². The molecule has 1 rings (SSSR count). The molecule has 0 spiro atoms. The second-order valence-corrected chi connectivity index (χ2v) is 2.51. The number of amides is 1. The Morgan fingerprint density at radius 1 is 1.46 bits per heavy atom. The van der Waals surface area contributed by atoms with Crippen molar-refractivity contribution in [1.82, 2.24) is 5.32 Å². The maximum absolute atomic E-state index is 11.1. The fraction of sp³-hybridized carbons (Fsp3) is 0.111. The van der Waals surface area contributed by atoms with Gasteiger partial charge in [0, 0.05) is 12.6 Å². The molecule has 0 aliphatic heterocycles. The van der Waals surface area contributed by atoms with E-state index in [4.69, 9.17) is 0 Å². The van der Waals surface area contributed by atoms with Crippen molar-refractivity contribution in [3.63, 3.8) is 0 Å². The third-order valence-corrected chi connectivity index (χ3v) is 1.62. The van der Waals surface area contributed by atoms with Crippen molar-refractivity contribution in [1.29, 1.82) is 0 Å². The molecule has 3 nitrogen and oxygen atoms in total. The summed E-state index contributed by atoms with van der Waals surface area (Å²) >= 11 is 4.45. The second-order valence-electron chi connectivity index (χ2n) is 2.33. The smallest absolute Gasteiger partial charge is 0.251 e. The molecule has 4 heteroatoms. The summed E-state index contributed by atoms with van der Waals surface area (Å²) in [4.78, 5) is 14.9. The number of carbonyl (C=O) groups excluding carboxylic acids is 1. The minimum atomic E-state index is -0.113. The zero-order valence-corrected chi connectivity index (χ0v) is 7.89. The summed E-state index contributed by atoms with van der Waals surface area (Å²) in [6.45, 7) is 0. The number of hydrogen-bond donors (Lipinski definition) is 1. The van der Waals surface area contributed by atoms with Crippen LogP contribution in [0.5, 0.6) is 0 Å². The Labute approximate surface area is 81.5 Å². The van der Waals surface area contributed by atoms with Gasteiger partial charge in [0.25, 0.3) is 5.91 Å². The second kappa shape index (κ2) is 4.50. The van der Waals surface area contributed by atoms with Crippen LogP contribution in [0.4, 0.5) is 5.69 Å². The van der Waals surface area contributed by atoms with Gasteiger partial charge in [0.1, 0.15) is 0 Å². The van der Waals surface area contributed by atoms with Gasteiger partial charge in [-0.05, 0) is 36.5 Å². The van der Waals surface area contributed by atoms with E-state index in [1.54, 1.807) is 31.3 Å². The average molecular weight is 192 g/mol. The molecule has 0 atom stereocenters. The highest BCUT2D eigenvalue weighted by Crippen LogP contribution is 2.11. The first-order valence-corrected chi connectivity index (χ1v) is 4.09. The maximum Gasteiger partial charge on any atom is 0.251 e. The molecule has 0 bridgehead atoms. The molecule has 0 aliphatic carbocycles. The van der Waals surface area contributed by atoms with E-state index in [-0.39, 0.29) is 5.91 Å². The molecule has 13 heavy (non-hydrogen) atoms. The Morgan fingerprint density at radius 3 is 2.54 bits per heavy atom. The van der Waals surface area contributed by atoms with Crippen LogP contribution < -0.4 is 5.32 Å². The number of aliphatic imine (C=N–C) groups is 1. The summed E-state index contributed by atoms with van der Waals surface area (Å²) in [5, 5.41) is 4.78. The van der Waals surface area contributed by atoms with Crippen LogP contribution in [0.25, 0.3) is 0 Å². The Bertz CT molecular complexity index is 352. The first-order valence-electron chi connectivity index (χ1n) is 3.68. The maximum atomic E-state index is 11.1. The van der Waals surface area contributed by atoms with Crippen LogP contribution >= 0.6 is 12.2 Å². The van der Waals surface area contributed by atoms with Crippen molar-refractivity contribution in [3.8, 4) is 0 Å². The van der Waals surface area contributed by atoms with Crippen LogP contribution in [0.1, 0.15) is 10.4 Å². The number of rotatable bonds is 2. The lowest BCUT2D eigenvalue weighted by atomic mass is 10.2. The van der Waals surface area contributed by atoms with Gasteiger partial charge in [-0.2, -0.15) is 4.99 Å². The lowest BCUT2D eigenvalue weighted by molar-refractivity contribution is 0.0963. The predicted molar refractivity (Wildman–Crippen MR) is 54.5 cm³/mol. The van der Waals surface area contributed by atoms with Gasteiger partial charge in [-0.15, -0.1) is 0 Å². The molecule has 0 saturated carbocycles. The van der Waals surface area contributed by atoms with Crippen LogP contribution in [0.3, 0.4) is 0 Å². The molecular formula is C9H8N2OS. The molecule has 0 aliphatic rings.